The summed E-state index contributed by atoms with van der Waals surface area (Å²) in [7, 11) is -3.69. The Bertz CT molecular complexity index is 947. The van der Waals surface area contributed by atoms with Crippen LogP contribution in [0.4, 0.5) is 5.69 Å². The van der Waals surface area contributed by atoms with Crippen LogP contribution in [0.5, 0.6) is 5.75 Å². The first-order chi connectivity index (χ1) is 13.8. The fourth-order valence-electron chi connectivity index (χ4n) is 2.43. The van der Waals surface area contributed by atoms with Gasteiger partial charge in [-0.3, -0.25) is 4.79 Å². The van der Waals surface area contributed by atoms with Crippen molar-refractivity contribution in [2.45, 2.75) is 17.9 Å². The molecular weight excluding hydrogens is 412 g/mol. The summed E-state index contributed by atoms with van der Waals surface area (Å²) in [5.41, 5.74) is 0.458. The lowest BCUT2D eigenvalue weighted by Gasteiger charge is -2.19. The maximum atomic E-state index is 12.7. The number of rotatable bonds is 10. The van der Waals surface area contributed by atoms with Crippen molar-refractivity contribution >= 4 is 33.2 Å². The lowest BCUT2D eigenvalue weighted by molar-refractivity contribution is -0.122. The van der Waals surface area contributed by atoms with Crippen LogP contribution in [0.2, 0.25) is 5.02 Å². The topological polar surface area (TPSA) is 75.7 Å². The lowest BCUT2D eigenvalue weighted by atomic mass is 10.3. The van der Waals surface area contributed by atoms with E-state index in [1.54, 1.807) is 31.2 Å². The van der Waals surface area contributed by atoms with Gasteiger partial charge in [0.1, 0.15) is 5.75 Å². The Balaban J connectivity index is 2.05. The summed E-state index contributed by atoms with van der Waals surface area (Å²) in [6.07, 6.45) is 2.27. The van der Waals surface area contributed by atoms with Gasteiger partial charge in [0.25, 0.3) is 5.91 Å². The van der Waals surface area contributed by atoms with E-state index in [1.807, 2.05) is 0 Å². The van der Waals surface area contributed by atoms with E-state index in [-0.39, 0.29) is 23.9 Å². The molecule has 0 saturated carbocycles. The smallest absolute Gasteiger partial charge is 0.265 e. The highest BCUT2D eigenvalue weighted by molar-refractivity contribution is 7.89. The van der Waals surface area contributed by atoms with Gasteiger partial charge < -0.3 is 10.1 Å². The standard InChI is InChI=1S/C21H23ClN2O4S/c1-4-14-24(15-5-2)29(26,27)20-12-8-18(9-13-20)23-21(25)16(3)28-19-10-6-17(22)7-11-19/h4-13,16H,1-2,14-15H2,3H3,(H,23,25). The third kappa shape index (κ3) is 6.19. The van der Waals surface area contributed by atoms with E-state index in [4.69, 9.17) is 16.3 Å². The Morgan fingerprint density at radius 1 is 1.10 bits per heavy atom. The fourth-order valence-corrected chi connectivity index (χ4v) is 3.94. The van der Waals surface area contributed by atoms with Crippen LogP contribution in [0.3, 0.4) is 0 Å². The van der Waals surface area contributed by atoms with Crippen LogP contribution in [-0.2, 0) is 14.8 Å². The molecule has 8 heteroatoms. The Labute approximate surface area is 176 Å². The average Bonchev–Trinajstić information content (AvgIpc) is 2.70. The second-order valence-electron chi connectivity index (χ2n) is 6.13. The molecule has 154 valence electrons. The summed E-state index contributed by atoms with van der Waals surface area (Å²) in [6, 6.07) is 12.6. The van der Waals surface area contributed by atoms with E-state index >= 15 is 0 Å². The van der Waals surface area contributed by atoms with Crippen molar-refractivity contribution in [2.24, 2.45) is 0 Å². The van der Waals surface area contributed by atoms with Crippen LogP contribution >= 0.6 is 11.6 Å². The van der Waals surface area contributed by atoms with Gasteiger partial charge in [-0.05, 0) is 55.5 Å². The van der Waals surface area contributed by atoms with Crippen molar-refractivity contribution in [3.05, 3.63) is 78.9 Å². The van der Waals surface area contributed by atoms with E-state index in [9.17, 15) is 13.2 Å². The second-order valence-corrected chi connectivity index (χ2v) is 8.50. The molecule has 1 atom stereocenters. The zero-order valence-electron chi connectivity index (χ0n) is 16.0. The summed E-state index contributed by atoms with van der Waals surface area (Å²) in [5, 5.41) is 3.27. The fraction of sp³-hybridized carbons (Fsp3) is 0.190. The van der Waals surface area contributed by atoms with E-state index in [2.05, 4.69) is 18.5 Å². The van der Waals surface area contributed by atoms with Gasteiger partial charge in [0.2, 0.25) is 10.0 Å². The Kier molecular flexibility index (Phi) is 8.01. The zero-order chi connectivity index (χ0) is 21.4. The van der Waals surface area contributed by atoms with Crippen molar-refractivity contribution in [3.8, 4) is 5.75 Å². The Hall–Kier alpha value is -2.61. The number of sulfonamides is 1. The van der Waals surface area contributed by atoms with E-state index < -0.39 is 16.1 Å². The van der Waals surface area contributed by atoms with Crippen LogP contribution in [0.25, 0.3) is 0 Å². The molecule has 0 bridgehead atoms. The molecule has 0 heterocycles. The number of hydrogen-bond acceptors (Lipinski definition) is 4. The largest absolute Gasteiger partial charge is 0.481 e. The predicted molar refractivity (Wildman–Crippen MR) is 116 cm³/mol. The highest BCUT2D eigenvalue weighted by atomic mass is 35.5. The number of ether oxygens (including phenoxy) is 1. The van der Waals surface area contributed by atoms with Gasteiger partial charge in [-0.1, -0.05) is 23.8 Å². The van der Waals surface area contributed by atoms with Gasteiger partial charge in [-0.2, -0.15) is 4.31 Å². The summed E-state index contributed by atoms with van der Waals surface area (Å²) in [5.74, 6) is 0.151. The number of anilines is 1. The molecule has 2 aromatic rings. The molecule has 0 aromatic heterocycles. The first-order valence-electron chi connectivity index (χ1n) is 8.83. The molecule has 0 aliphatic rings. The van der Waals surface area contributed by atoms with Crippen LogP contribution in [0, 0.1) is 0 Å². The van der Waals surface area contributed by atoms with Gasteiger partial charge in [-0.15, -0.1) is 13.2 Å². The maximum Gasteiger partial charge on any atom is 0.265 e. The zero-order valence-corrected chi connectivity index (χ0v) is 17.6. The number of halogens is 1. The van der Waals surface area contributed by atoms with Crippen LogP contribution in [0.15, 0.2) is 78.7 Å². The molecule has 6 nitrogen and oxygen atoms in total. The highest BCUT2D eigenvalue weighted by Gasteiger charge is 2.22. The van der Waals surface area contributed by atoms with Crippen LogP contribution in [-0.4, -0.2) is 37.8 Å². The van der Waals surface area contributed by atoms with Crippen molar-refractivity contribution in [3.63, 3.8) is 0 Å². The van der Waals surface area contributed by atoms with E-state index in [0.29, 0.717) is 16.5 Å². The van der Waals surface area contributed by atoms with Gasteiger partial charge in [-0.25, -0.2) is 8.42 Å². The molecular formula is C21H23ClN2O4S. The molecule has 2 rings (SSSR count). The lowest BCUT2D eigenvalue weighted by Crippen LogP contribution is -2.31. The van der Waals surface area contributed by atoms with Crippen molar-refractivity contribution < 1.29 is 17.9 Å². The molecule has 0 saturated heterocycles. The number of nitrogens with one attached hydrogen (secondary N) is 1. The SMILES string of the molecule is C=CCN(CC=C)S(=O)(=O)c1ccc(NC(=O)C(C)Oc2ccc(Cl)cc2)cc1. The first-order valence-corrected chi connectivity index (χ1v) is 10.6. The average molecular weight is 435 g/mol. The number of benzene rings is 2. The van der Waals surface area contributed by atoms with Crippen LogP contribution < -0.4 is 10.1 Å². The van der Waals surface area contributed by atoms with E-state index in [0.717, 1.165) is 0 Å². The van der Waals surface area contributed by atoms with Crippen LogP contribution in [0.1, 0.15) is 6.92 Å². The summed E-state index contributed by atoms with van der Waals surface area (Å²) in [6.45, 7) is 9.12. The normalized spacial score (nSPS) is 12.2. The van der Waals surface area contributed by atoms with E-state index in [1.165, 1.54) is 40.7 Å². The molecule has 1 unspecified atom stereocenters. The van der Waals surface area contributed by atoms with Gasteiger partial charge in [0, 0.05) is 23.8 Å². The van der Waals surface area contributed by atoms with Gasteiger partial charge in [0.05, 0.1) is 4.90 Å². The molecule has 29 heavy (non-hydrogen) atoms. The summed E-state index contributed by atoms with van der Waals surface area (Å²) in [4.78, 5) is 12.4. The Morgan fingerprint density at radius 2 is 1.66 bits per heavy atom. The second kappa shape index (κ2) is 10.2. The molecule has 0 aliphatic heterocycles. The molecule has 1 amide bonds. The van der Waals surface area contributed by atoms with Gasteiger partial charge in [0.15, 0.2) is 6.10 Å². The Morgan fingerprint density at radius 3 is 2.17 bits per heavy atom. The summed E-state index contributed by atoms with van der Waals surface area (Å²) >= 11 is 5.83. The monoisotopic (exact) mass is 434 g/mol. The number of carbonyl (C=O) groups is 1. The highest BCUT2D eigenvalue weighted by Crippen LogP contribution is 2.20. The third-order valence-corrected chi connectivity index (χ3v) is 6.02. The third-order valence-electron chi connectivity index (χ3n) is 3.92. The molecule has 0 spiro atoms. The number of nitrogens with zero attached hydrogens (tertiary/aromatic N) is 1. The number of amides is 1. The molecule has 0 fully saturated rings. The quantitative estimate of drug-likeness (QED) is 0.571. The van der Waals surface area contributed by atoms with Crippen molar-refractivity contribution in [2.75, 3.05) is 18.4 Å². The predicted octanol–water partition coefficient (Wildman–Crippen LogP) is 4.11. The summed E-state index contributed by atoms with van der Waals surface area (Å²) < 4.78 is 32.2. The first kappa shape index (κ1) is 22.7. The molecule has 1 N–H and O–H groups in total. The molecule has 2 aromatic carbocycles. The minimum absolute atomic E-state index is 0.115. The maximum absolute atomic E-state index is 12.7. The number of carbonyl (C=O) groups excluding carboxylic acids is 1. The number of hydrogen-bond donors (Lipinski definition) is 1. The van der Waals surface area contributed by atoms with Crippen molar-refractivity contribution in [1.82, 2.24) is 4.31 Å². The van der Waals surface area contributed by atoms with Crippen molar-refractivity contribution in [1.29, 1.82) is 0 Å². The molecule has 0 aliphatic carbocycles. The minimum Gasteiger partial charge on any atom is -0.481 e. The molecule has 0 radical (unpaired) electrons. The minimum atomic E-state index is -3.69. The van der Waals surface area contributed by atoms with Gasteiger partial charge >= 0.3 is 0 Å².